The van der Waals surface area contributed by atoms with Crippen LogP contribution in [0, 0.1) is 5.41 Å². The van der Waals surface area contributed by atoms with E-state index in [9.17, 15) is 18.0 Å². The van der Waals surface area contributed by atoms with E-state index >= 15 is 0 Å². The van der Waals surface area contributed by atoms with Gasteiger partial charge in [-0.15, -0.1) is 5.11 Å². The van der Waals surface area contributed by atoms with Crippen LogP contribution in [0.15, 0.2) is 63.8 Å². The van der Waals surface area contributed by atoms with Crippen molar-refractivity contribution >= 4 is 51.0 Å². The van der Waals surface area contributed by atoms with E-state index in [1.165, 1.54) is 19.2 Å². The van der Waals surface area contributed by atoms with Gasteiger partial charge in [0, 0.05) is 38.5 Å². The van der Waals surface area contributed by atoms with Crippen LogP contribution in [0.1, 0.15) is 34.0 Å². The molecule has 2 aromatic carbocycles. The molecule has 10 N–H and O–H groups in total. The summed E-state index contributed by atoms with van der Waals surface area (Å²) < 4.78 is 32.9. The molecule has 17 nitrogen and oxygen atoms in total. The van der Waals surface area contributed by atoms with Crippen LogP contribution < -0.4 is 37.4 Å². The SMILES string of the molecule is COc1ccc(C(CC(=O)NCCN(C)CCNC(=O)c2nc(Cl)c(N)nc2N=NN)c2ccccc2)cc1S(=O)(=O)NC(=N)N. The van der Waals surface area contributed by atoms with Gasteiger partial charge < -0.3 is 37.6 Å². The summed E-state index contributed by atoms with van der Waals surface area (Å²) in [4.78, 5) is 35.1. The molecule has 19 heteroatoms. The Morgan fingerprint density at radius 2 is 1.76 bits per heavy atom. The second-order valence-corrected chi connectivity index (χ2v) is 11.8. The zero-order chi connectivity index (χ0) is 33.9. The molecule has 0 spiro atoms. The molecule has 1 atom stereocenters. The Balaban J connectivity index is 1.61. The molecule has 1 aromatic heterocycles. The second-order valence-electron chi connectivity index (χ2n) is 9.79. The van der Waals surface area contributed by atoms with E-state index < -0.39 is 27.8 Å². The lowest BCUT2D eigenvalue weighted by molar-refractivity contribution is -0.121. The first-order chi connectivity index (χ1) is 21.9. The minimum atomic E-state index is -4.22. The zero-order valence-electron chi connectivity index (χ0n) is 25.0. The maximum Gasteiger partial charge on any atom is 0.274 e. The normalized spacial score (nSPS) is 12.1. The van der Waals surface area contributed by atoms with Crippen molar-refractivity contribution in [1.82, 2.24) is 30.2 Å². The van der Waals surface area contributed by atoms with Crippen molar-refractivity contribution in [2.24, 2.45) is 21.9 Å². The maximum atomic E-state index is 13.1. The molecule has 1 unspecified atom stereocenters. The number of nitrogens with two attached hydrogens (primary N) is 3. The highest BCUT2D eigenvalue weighted by molar-refractivity contribution is 7.90. The number of carbonyl (C=O) groups excluding carboxylic acids is 2. The van der Waals surface area contributed by atoms with Crippen LogP contribution in [-0.2, 0) is 14.8 Å². The van der Waals surface area contributed by atoms with Crippen molar-refractivity contribution in [1.29, 1.82) is 5.41 Å². The van der Waals surface area contributed by atoms with Crippen LogP contribution in [0.4, 0.5) is 11.6 Å². The summed E-state index contributed by atoms with van der Waals surface area (Å²) in [6.07, 6.45) is 0.0173. The third-order valence-electron chi connectivity index (χ3n) is 6.54. The number of amides is 2. The first-order valence-electron chi connectivity index (χ1n) is 13.6. The average molecular weight is 675 g/mol. The van der Waals surface area contributed by atoms with E-state index in [0.29, 0.717) is 25.2 Å². The van der Waals surface area contributed by atoms with Gasteiger partial charge in [0.05, 0.1) is 7.11 Å². The van der Waals surface area contributed by atoms with Crippen LogP contribution in [0.3, 0.4) is 0 Å². The fraction of sp³-hybridized carbons (Fsp3) is 0.296. The Hall–Kier alpha value is -5.07. The molecular weight excluding hydrogens is 640 g/mol. The molecule has 2 amide bonds. The fourth-order valence-electron chi connectivity index (χ4n) is 4.33. The summed E-state index contributed by atoms with van der Waals surface area (Å²) >= 11 is 5.88. The van der Waals surface area contributed by atoms with Crippen molar-refractivity contribution < 1.29 is 22.7 Å². The summed E-state index contributed by atoms with van der Waals surface area (Å²) in [5, 5.41) is 19.4. The van der Waals surface area contributed by atoms with E-state index in [0.717, 1.165) is 5.56 Å². The van der Waals surface area contributed by atoms with Crippen molar-refractivity contribution in [3.05, 3.63) is 70.5 Å². The molecule has 0 aliphatic heterocycles. The number of sulfonamides is 1. The number of methoxy groups -OCH3 is 1. The first-order valence-corrected chi connectivity index (χ1v) is 15.5. The van der Waals surface area contributed by atoms with Crippen molar-refractivity contribution in [3.63, 3.8) is 0 Å². The van der Waals surface area contributed by atoms with Gasteiger partial charge in [-0.2, -0.15) is 0 Å². The number of hydrogen-bond acceptors (Lipinski definition) is 12. The highest BCUT2D eigenvalue weighted by Crippen LogP contribution is 2.33. The van der Waals surface area contributed by atoms with Gasteiger partial charge in [0.2, 0.25) is 11.7 Å². The third kappa shape index (κ3) is 9.71. The summed E-state index contributed by atoms with van der Waals surface area (Å²) in [5.41, 5.74) is 12.0. The molecule has 3 aromatic rings. The molecule has 246 valence electrons. The third-order valence-corrected chi connectivity index (χ3v) is 8.20. The van der Waals surface area contributed by atoms with Crippen LogP contribution >= 0.6 is 11.6 Å². The molecule has 1 heterocycles. The number of likely N-dealkylation sites (N-methyl/N-ethyl adjacent to an activating group) is 1. The highest BCUT2D eigenvalue weighted by atomic mass is 35.5. The summed E-state index contributed by atoms with van der Waals surface area (Å²) in [7, 11) is -1.08. The molecule has 0 bridgehead atoms. The molecule has 0 saturated carbocycles. The smallest absolute Gasteiger partial charge is 0.274 e. The highest BCUT2D eigenvalue weighted by Gasteiger charge is 2.25. The molecule has 0 aliphatic carbocycles. The monoisotopic (exact) mass is 674 g/mol. The van der Waals surface area contributed by atoms with Gasteiger partial charge in [-0.3, -0.25) is 15.0 Å². The fourth-order valence-corrected chi connectivity index (χ4v) is 5.56. The predicted octanol–water partition coefficient (Wildman–Crippen LogP) is 0.850. The molecule has 3 rings (SSSR count). The number of aromatic nitrogens is 2. The number of rotatable bonds is 15. The van der Waals surface area contributed by atoms with Crippen LogP contribution in [0.2, 0.25) is 5.15 Å². The number of nitrogen functional groups attached to an aromatic ring is 1. The first kappa shape index (κ1) is 35.4. The van der Waals surface area contributed by atoms with Crippen molar-refractivity contribution in [2.75, 3.05) is 46.1 Å². The molecule has 0 fully saturated rings. The van der Waals surface area contributed by atoms with Gasteiger partial charge in [0.1, 0.15) is 10.6 Å². The molecule has 0 radical (unpaired) electrons. The zero-order valence-corrected chi connectivity index (χ0v) is 26.6. The Labute approximate surface area is 270 Å². The Bertz CT molecular complexity index is 1690. The number of halogens is 1. The molecule has 0 aliphatic rings. The number of nitrogens with one attached hydrogen (secondary N) is 4. The standard InChI is InChI=1S/C27H35ClN12O5S/c1-40(13-11-34-26(42)22-25(37-39-32)36-24(29)23(28)35-22)12-10-33-21(41)15-18(16-6-4-3-5-7-16)17-8-9-19(45-2)20(14-17)46(43,44)38-27(30)31/h3-9,14,18H,10-13,15H2,1-2H3,(H,33,41)(H,34,42)(H4,30,31,38)(H4,29,32,36,37). The minimum Gasteiger partial charge on any atom is -0.495 e. The van der Waals surface area contributed by atoms with E-state index in [1.807, 2.05) is 47.0 Å². The summed E-state index contributed by atoms with van der Waals surface area (Å²) in [6, 6.07) is 13.8. The van der Waals surface area contributed by atoms with Gasteiger partial charge in [-0.25, -0.2) is 23.1 Å². The van der Waals surface area contributed by atoms with Crippen LogP contribution in [0.25, 0.3) is 0 Å². The number of benzene rings is 2. The topological polar surface area (TPSA) is 269 Å². The van der Waals surface area contributed by atoms with Gasteiger partial charge in [0.25, 0.3) is 15.9 Å². The van der Waals surface area contributed by atoms with Crippen molar-refractivity contribution in [3.8, 4) is 5.75 Å². The number of anilines is 1. The number of ether oxygens (including phenoxy) is 1. The quantitative estimate of drug-likeness (QED) is 0.0390. The summed E-state index contributed by atoms with van der Waals surface area (Å²) in [6.45, 7) is 1.41. The lowest BCUT2D eigenvalue weighted by Gasteiger charge is -2.21. The van der Waals surface area contributed by atoms with E-state index in [2.05, 4.69) is 30.9 Å². The molecule has 0 saturated heterocycles. The number of nitrogens with zero attached hydrogens (tertiary/aromatic N) is 5. The van der Waals surface area contributed by atoms with Crippen LogP contribution in [0.5, 0.6) is 5.75 Å². The van der Waals surface area contributed by atoms with Gasteiger partial charge in [-0.1, -0.05) is 53.2 Å². The Morgan fingerprint density at radius 3 is 2.39 bits per heavy atom. The van der Waals surface area contributed by atoms with E-state index in [1.54, 1.807) is 6.07 Å². The number of hydrogen-bond donors (Lipinski definition) is 7. The maximum absolute atomic E-state index is 13.1. The van der Waals surface area contributed by atoms with E-state index in [4.69, 9.17) is 39.1 Å². The number of carbonyl (C=O) groups is 2. The van der Waals surface area contributed by atoms with Crippen molar-refractivity contribution in [2.45, 2.75) is 17.2 Å². The largest absolute Gasteiger partial charge is 0.495 e. The number of guanidine groups is 1. The van der Waals surface area contributed by atoms with Gasteiger partial charge in [-0.05, 0) is 30.3 Å². The Morgan fingerprint density at radius 1 is 1.09 bits per heavy atom. The summed E-state index contributed by atoms with van der Waals surface area (Å²) in [5.74, 6) is 2.71. The Kier molecular flexibility index (Phi) is 12.5. The lowest BCUT2D eigenvalue weighted by Crippen LogP contribution is -2.38. The van der Waals surface area contributed by atoms with E-state index in [-0.39, 0.29) is 52.0 Å². The minimum absolute atomic E-state index is 0.0173. The molecular formula is C27H35ClN12O5S. The van der Waals surface area contributed by atoms with Gasteiger partial charge >= 0.3 is 0 Å². The molecule has 46 heavy (non-hydrogen) atoms. The van der Waals surface area contributed by atoms with Crippen LogP contribution in [-0.4, -0.2) is 81.4 Å². The average Bonchev–Trinajstić information content (AvgIpc) is 3.01. The second kappa shape index (κ2) is 16.3. The van der Waals surface area contributed by atoms with Gasteiger partial charge in [0.15, 0.2) is 22.6 Å². The lowest BCUT2D eigenvalue weighted by atomic mass is 9.88. The predicted molar refractivity (Wildman–Crippen MR) is 171 cm³/mol.